The van der Waals surface area contributed by atoms with Gasteiger partial charge in [-0.05, 0) is 31.9 Å². The van der Waals surface area contributed by atoms with Crippen LogP contribution < -0.4 is 5.73 Å². The minimum atomic E-state index is 0.163. The van der Waals surface area contributed by atoms with E-state index >= 15 is 0 Å². The molecule has 1 aliphatic heterocycles. The molecule has 1 amide bonds. The van der Waals surface area contributed by atoms with Crippen molar-refractivity contribution in [3.63, 3.8) is 0 Å². The van der Waals surface area contributed by atoms with Gasteiger partial charge in [0.15, 0.2) is 0 Å². The van der Waals surface area contributed by atoms with Crippen LogP contribution in [-0.2, 0) is 0 Å². The first kappa shape index (κ1) is 10.8. The van der Waals surface area contributed by atoms with Crippen molar-refractivity contribution < 1.29 is 4.79 Å². The third-order valence-electron chi connectivity index (χ3n) is 4.03. The third kappa shape index (κ3) is 1.75. The van der Waals surface area contributed by atoms with E-state index in [0.29, 0.717) is 11.5 Å². The van der Waals surface area contributed by atoms with Crippen molar-refractivity contribution in [1.29, 1.82) is 0 Å². The van der Waals surface area contributed by atoms with Crippen molar-refractivity contribution in [3.8, 4) is 0 Å². The number of rotatable bonds is 1. The number of carbonyl (C=O) groups is 1. The number of nitrogens with zero attached hydrogens (tertiary/aromatic N) is 1. The fourth-order valence-corrected chi connectivity index (χ4v) is 3.10. The number of amides is 1. The van der Waals surface area contributed by atoms with Crippen LogP contribution in [0.4, 0.5) is 0 Å². The van der Waals surface area contributed by atoms with E-state index in [1.54, 1.807) is 0 Å². The van der Waals surface area contributed by atoms with E-state index in [4.69, 9.17) is 5.73 Å². The van der Waals surface area contributed by atoms with E-state index in [9.17, 15) is 4.79 Å². The maximum atomic E-state index is 12.1. The standard InChI is InChI=1S/C14H18N2O/c1-10-2-4-11(5-3-10)13(17)16-8-14(9-16)6-12(15)7-14/h2-5,12H,6-9,15H2,1H3. The fourth-order valence-electron chi connectivity index (χ4n) is 3.10. The van der Waals surface area contributed by atoms with Crippen molar-refractivity contribution in [2.45, 2.75) is 25.8 Å². The van der Waals surface area contributed by atoms with Crippen molar-refractivity contribution in [2.75, 3.05) is 13.1 Å². The summed E-state index contributed by atoms with van der Waals surface area (Å²) >= 11 is 0. The van der Waals surface area contributed by atoms with Crippen LogP contribution in [0.25, 0.3) is 0 Å². The maximum absolute atomic E-state index is 12.1. The highest BCUT2D eigenvalue weighted by Gasteiger charge is 2.52. The zero-order valence-electron chi connectivity index (χ0n) is 10.1. The van der Waals surface area contributed by atoms with Gasteiger partial charge in [-0.25, -0.2) is 0 Å². The number of carbonyl (C=O) groups excluding carboxylic acids is 1. The van der Waals surface area contributed by atoms with Gasteiger partial charge < -0.3 is 10.6 Å². The zero-order chi connectivity index (χ0) is 12.0. The Morgan fingerprint density at radius 2 is 1.88 bits per heavy atom. The predicted octanol–water partition coefficient (Wildman–Crippen LogP) is 1.56. The predicted molar refractivity (Wildman–Crippen MR) is 66.7 cm³/mol. The minimum Gasteiger partial charge on any atom is -0.337 e. The molecule has 0 aromatic heterocycles. The lowest BCUT2D eigenvalue weighted by Gasteiger charge is -2.58. The van der Waals surface area contributed by atoms with Gasteiger partial charge >= 0.3 is 0 Å². The highest BCUT2D eigenvalue weighted by atomic mass is 16.2. The Morgan fingerprint density at radius 1 is 1.29 bits per heavy atom. The molecule has 1 aromatic rings. The molecular formula is C14H18N2O. The number of nitrogens with two attached hydrogens (primary N) is 1. The molecular weight excluding hydrogens is 212 g/mol. The van der Waals surface area contributed by atoms with Gasteiger partial charge in [0.2, 0.25) is 0 Å². The first-order chi connectivity index (χ1) is 8.08. The van der Waals surface area contributed by atoms with E-state index in [1.165, 1.54) is 5.56 Å². The fraction of sp³-hybridized carbons (Fsp3) is 0.500. The van der Waals surface area contributed by atoms with E-state index in [0.717, 1.165) is 31.5 Å². The van der Waals surface area contributed by atoms with Crippen LogP contribution in [0.3, 0.4) is 0 Å². The molecule has 0 unspecified atom stereocenters. The largest absolute Gasteiger partial charge is 0.337 e. The Labute approximate surface area is 102 Å². The first-order valence-electron chi connectivity index (χ1n) is 6.20. The summed E-state index contributed by atoms with van der Waals surface area (Å²) in [6.45, 7) is 3.82. The molecule has 1 saturated carbocycles. The Balaban J connectivity index is 1.63. The van der Waals surface area contributed by atoms with Crippen LogP contribution in [0.1, 0.15) is 28.8 Å². The summed E-state index contributed by atoms with van der Waals surface area (Å²) in [5, 5.41) is 0. The Morgan fingerprint density at radius 3 is 2.41 bits per heavy atom. The summed E-state index contributed by atoms with van der Waals surface area (Å²) in [5.74, 6) is 0.163. The highest BCUT2D eigenvalue weighted by molar-refractivity contribution is 5.94. The molecule has 3 rings (SSSR count). The number of aryl methyl sites for hydroxylation is 1. The number of hydrogen-bond donors (Lipinski definition) is 1. The van der Waals surface area contributed by atoms with Crippen LogP contribution in [0.2, 0.25) is 0 Å². The minimum absolute atomic E-state index is 0.163. The molecule has 1 spiro atoms. The molecule has 2 aliphatic rings. The van der Waals surface area contributed by atoms with Crippen LogP contribution >= 0.6 is 0 Å². The van der Waals surface area contributed by atoms with Crippen molar-refractivity contribution in [1.82, 2.24) is 4.90 Å². The molecule has 3 heteroatoms. The maximum Gasteiger partial charge on any atom is 0.253 e. The van der Waals surface area contributed by atoms with Crippen LogP contribution in [0, 0.1) is 12.3 Å². The Bertz CT molecular complexity index is 438. The van der Waals surface area contributed by atoms with Gasteiger partial charge in [-0.3, -0.25) is 4.79 Å². The van der Waals surface area contributed by atoms with Crippen molar-refractivity contribution in [3.05, 3.63) is 35.4 Å². The van der Waals surface area contributed by atoms with Crippen LogP contribution in [0.5, 0.6) is 0 Å². The Hall–Kier alpha value is -1.35. The Kier molecular flexibility index (Phi) is 2.26. The normalized spacial score (nSPS) is 22.1. The van der Waals surface area contributed by atoms with Crippen LogP contribution in [-0.4, -0.2) is 29.9 Å². The number of likely N-dealkylation sites (tertiary alicyclic amines) is 1. The molecule has 1 aliphatic carbocycles. The molecule has 17 heavy (non-hydrogen) atoms. The summed E-state index contributed by atoms with van der Waals surface area (Å²) in [4.78, 5) is 14.1. The average molecular weight is 230 g/mol. The zero-order valence-corrected chi connectivity index (χ0v) is 10.1. The monoisotopic (exact) mass is 230 g/mol. The molecule has 90 valence electrons. The molecule has 1 saturated heterocycles. The van der Waals surface area contributed by atoms with Crippen molar-refractivity contribution >= 4 is 5.91 Å². The second-order valence-corrected chi connectivity index (χ2v) is 5.70. The van der Waals surface area contributed by atoms with Crippen LogP contribution in [0.15, 0.2) is 24.3 Å². The lowest BCUT2D eigenvalue weighted by molar-refractivity contribution is -0.0532. The van der Waals surface area contributed by atoms with Gasteiger partial charge in [-0.15, -0.1) is 0 Å². The first-order valence-corrected chi connectivity index (χ1v) is 6.20. The summed E-state index contributed by atoms with van der Waals surface area (Å²) < 4.78 is 0. The summed E-state index contributed by atoms with van der Waals surface area (Å²) in [5.41, 5.74) is 8.17. The summed E-state index contributed by atoms with van der Waals surface area (Å²) in [6, 6.07) is 8.17. The second-order valence-electron chi connectivity index (χ2n) is 5.70. The lowest BCUT2D eigenvalue weighted by Crippen LogP contribution is -2.66. The molecule has 1 aromatic carbocycles. The van der Waals surface area contributed by atoms with Gasteiger partial charge in [0, 0.05) is 30.1 Å². The molecule has 0 radical (unpaired) electrons. The van der Waals surface area contributed by atoms with E-state index in [2.05, 4.69) is 0 Å². The molecule has 0 atom stereocenters. The quantitative estimate of drug-likeness (QED) is 0.795. The smallest absolute Gasteiger partial charge is 0.253 e. The lowest BCUT2D eigenvalue weighted by atomic mass is 9.61. The second kappa shape index (κ2) is 3.57. The highest BCUT2D eigenvalue weighted by Crippen LogP contribution is 2.47. The van der Waals surface area contributed by atoms with Gasteiger partial charge in [0.05, 0.1) is 0 Å². The average Bonchev–Trinajstić information content (AvgIpc) is 2.21. The third-order valence-corrected chi connectivity index (χ3v) is 4.03. The molecule has 0 bridgehead atoms. The van der Waals surface area contributed by atoms with E-state index < -0.39 is 0 Å². The van der Waals surface area contributed by atoms with Gasteiger partial charge in [0.1, 0.15) is 0 Å². The number of benzene rings is 1. The van der Waals surface area contributed by atoms with Gasteiger partial charge in [-0.2, -0.15) is 0 Å². The number of hydrogen-bond acceptors (Lipinski definition) is 2. The SMILES string of the molecule is Cc1ccc(C(=O)N2CC3(CC(N)C3)C2)cc1. The topological polar surface area (TPSA) is 46.3 Å². The molecule has 2 N–H and O–H groups in total. The van der Waals surface area contributed by atoms with E-state index in [-0.39, 0.29) is 5.91 Å². The molecule has 2 fully saturated rings. The van der Waals surface area contributed by atoms with E-state index in [1.807, 2.05) is 36.1 Å². The summed E-state index contributed by atoms with van der Waals surface area (Å²) in [6.07, 6.45) is 2.18. The van der Waals surface area contributed by atoms with Gasteiger partial charge in [-0.1, -0.05) is 17.7 Å². The molecule has 3 nitrogen and oxygen atoms in total. The van der Waals surface area contributed by atoms with Crippen molar-refractivity contribution in [2.24, 2.45) is 11.1 Å². The summed E-state index contributed by atoms with van der Waals surface area (Å²) in [7, 11) is 0. The molecule has 1 heterocycles. The van der Waals surface area contributed by atoms with Gasteiger partial charge in [0.25, 0.3) is 5.91 Å².